The Morgan fingerprint density at radius 1 is 1.25 bits per heavy atom. The van der Waals surface area contributed by atoms with Crippen LogP contribution in [0.3, 0.4) is 0 Å². The van der Waals surface area contributed by atoms with E-state index in [-0.39, 0.29) is 19.0 Å². The Kier molecular flexibility index (Phi) is 6.42. The molecule has 1 fully saturated rings. The first-order valence-electron chi connectivity index (χ1n) is 7.05. The summed E-state index contributed by atoms with van der Waals surface area (Å²) >= 11 is 0. The minimum absolute atomic E-state index is 0.0145. The molecule has 0 amide bonds. The quantitative estimate of drug-likeness (QED) is 0.747. The van der Waals surface area contributed by atoms with Gasteiger partial charge in [0.25, 0.3) is 10.2 Å². The molecule has 20 heavy (non-hydrogen) atoms. The standard InChI is InChI=1S/C13H26N2O4S/c1-10-7-11(2)9-12(8-10)14-20(17,18)15(3)6-5-13(16)19-4/h10-12,14H,5-9H2,1-4H3. The van der Waals surface area contributed by atoms with Crippen LogP contribution in [0.5, 0.6) is 0 Å². The van der Waals surface area contributed by atoms with Gasteiger partial charge in [-0.25, -0.2) is 0 Å². The van der Waals surface area contributed by atoms with Crippen molar-refractivity contribution >= 4 is 16.2 Å². The third-order valence-electron chi connectivity index (χ3n) is 3.76. The highest BCUT2D eigenvalue weighted by atomic mass is 32.2. The topological polar surface area (TPSA) is 75.7 Å². The number of esters is 1. The molecule has 2 unspecified atom stereocenters. The van der Waals surface area contributed by atoms with E-state index >= 15 is 0 Å². The maximum Gasteiger partial charge on any atom is 0.306 e. The van der Waals surface area contributed by atoms with Crippen molar-refractivity contribution in [3.05, 3.63) is 0 Å². The van der Waals surface area contributed by atoms with Crippen LogP contribution in [0.25, 0.3) is 0 Å². The maximum atomic E-state index is 12.2. The molecule has 2 atom stereocenters. The number of hydrogen-bond acceptors (Lipinski definition) is 4. The highest BCUT2D eigenvalue weighted by molar-refractivity contribution is 7.87. The number of ether oxygens (including phenoxy) is 1. The van der Waals surface area contributed by atoms with E-state index < -0.39 is 16.2 Å². The normalized spacial score (nSPS) is 27.6. The van der Waals surface area contributed by atoms with Gasteiger partial charge in [0.15, 0.2) is 0 Å². The molecule has 0 radical (unpaired) electrons. The van der Waals surface area contributed by atoms with Crippen LogP contribution in [0, 0.1) is 11.8 Å². The van der Waals surface area contributed by atoms with Gasteiger partial charge in [-0.2, -0.15) is 17.4 Å². The fourth-order valence-corrected chi connectivity index (χ4v) is 3.94. The lowest BCUT2D eigenvalue weighted by Gasteiger charge is -2.32. The molecule has 6 nitrogen and oxygen atoms in total. The molecular weight excluding hydrogens is 280 g/mol. The smallest absolute Gasteiger partial charge is 0.306 e. The van der Waals surface area contributed by atoms with Crippen LogP contribution in [-0.4, -0.2) is 45.4 Å². The Morgan fingerprint density at radius 3 is 2.30 bits per heavy atom. The average molecular weight is 306 g/mol. The molecule has 1 aliphatic carbocycles. The number of carbonyl (C=O) groups is 1. The third-order valence-corrected chi connectivity index (χ3v) is 5.40. The molecule has 0 heterocycles. The van der Waals surface area contributed by atoms with Gasteiger partial charge in [0, 0.05) is 19.6 Å². The maximum absolute atomic E-state index is 12.2. The zero-order valence-electron chi connectivity index (χ0n) is 12.8. The van der Waals surface area contributed by atoms with E-state index in [1.54, 1.807) is 0 Å². The van der Waals surface area contributed by atoms with Crippen LogP contribution in [-0.2, 0) is 19.7 Å². The van der Waals surface area contributed by atoms with Crippen LogP contribution < -0.4 is 4.72 Å². The van der Waals surface area contributed by atoms with Crippen molar-refractivity contribution in [3.8, 4) is 0 Å². The highest BCUT2D eigenvalue weighted by Gasteiger charge is 2.29. The minimum atomic E-state index is -3.54. The van der Waals surface area contributed by atoms with Gasteiger partial charge < -0.3 is 4.74 Å². The average Bonchev–Trinajstić information content (AvgIpc) is 2.33. The zero-order chi connectivity index (χ0) is 15.3. The number of hydrogen-bond donors (Lipinski definition) is 1. The van der Waals surface area contributed by atoms with Gasteiger partial charge in [-0.15, -0.1) is 0 Å². The molecule has 1 saturated carbocycles. The van der Waals surface area contributed by atoms with Crippen LogP contribution in [0.2, 0.25) is 0 Å². The summed E-state index contributed by atoms with van der Waals surface area (Å²) in [6, 6.07) is -0.0145. The zero-order valence-corrected chi connectivity index (χ0v) is 13.6. The Hall–Kier alpha value is -0.660. The molecule has 1 rings (SSSR count). The molecule has 1 N–H and O–H groups in total. The van der Waals surface area contributed by atoms with Crippen LogP contribution in [0.15, 0.2) is 0 Å². The van der Waals surface area contributed by atoms with Gasteiger partial charge in [-0.05, 0) is 31.1 Å². The second kappa shape index (κ2) is 7.38. The molecule has 0 saturated heterocycles. The molecule has 0 aromatic carbocycles. The number of carbonyl (C=O) groups excluding carboxylic acids is 1. The lowest BCUT2D eigenvalue weighted by molar-refractivity contribution is -0.140. The van der Waals surface area contributed by atoms with Crippen LogP contribution >= 0.6 is 0 Å². The van der Waals surface area contributed by atoms with Crippen molar-refractivity contribution in [2.45, 2.75) is 45.6 Å². The Labute approximate surface area is 122 Å². The molecule has 118 valence electrons. The molecule has 0 aromatic heterocycles. The van der Waals surface area contributed by atoms with Crippen molar-refractivity contribution in [1.29, 1.82) is 0 Å². The fraction of sp³-hybridized carbons (Fsp3) is 0.923. The molecule has 7 heteroatoms. The van der Waals surface area contributed by atoms with Gasteiger partial charge in [-0.3, -0.25) is 4.79 Å². The van der Waals surface area contributed by atoms with Crippen molar-refractivity contribution in [1.82, 2.24) is 9.03 Å². The Morgan fingerprint density at radius 2 is 1.80 bits per heavy atom. The van der Waals surface area contributed by atoms with Gasteiger partial charge in [0.1, 0.15) is 0 Å². The summed E-state index contributed by atoms with van der Waals surface area (Å²) in [5.41, 5.74) is 0. The number of rotatable bonds is 6. The van der Waals surface area contributed by atoms with Crippen molar-refractivity contribution < 1.29 is 17.9 Å². The SMILES string of the molecule is COC(=O)CCN(C)S(=O)(=O)NC1CC(C)CC(C)C1. The molecule has 0 bridgehead atoms. The Bertz CT molecular complexity index is 414. The lowest BCUT2D eigenvalue weighted by atomic mass is 9.81. The summed E-state index contributed by atoms with van der Waals surface area (Å²) in [5, 5.41) is 0. The molecular formula is C13H26N2O4S. The molecule has 0 aromatic rings. The second-order valence-electron chi connectivity index (χ2n) is 5.88. The first-order valence-corrected chi connectivity index (χ1v) is 8.49. The summed E-state index contributed by atoms with van der Waals surface area (Å²) in [7, 11) is -0.770. The Balaban J connectivity index is 2.53. The van der Waals surface area contributed by atoms with E-state index in [1.807, 2.05) is 0 Å². The van der Waals surface area contributed by atoms with Gasteiger partial charge in [0.05, 0.1) is 13.5 Å². The van der Waals surface area contributed by atoms with E-state index in [0.29, 0.717) is 11.8 Å². The minimum Gasteiger partial charge on any atom is -0.469 e. The van der Waals surface area contributed by atoms with E-state index in [2.05, 4.69) is 23.3 Å². The summed E-state index contributed by atoms with van der Waals surface area (Å²) in [6.07, 6.45) is 2.95. The molecule has 0 aliphatic heterocycles. The van der Waals surface area contributed by atoms with E-state index in [0.717, 1.165) is 19.3 Å². The lowest BCUT2D eigenvalue weighted by Crippen LogP contribution is -2.46. The van der Waals surface area contributed by atoms with Gasteiger partial charge >= 0.3 is 5.97 Å². The van der Waals surface area contributed by atoms with Gasteiger partial charge in [-0.1, -0.05) is 13.8 Å². The molecule has 0 spiro atoms. The summed E-state index contributed by atoms with van der Waals surface area (Å²) in [6.45, 7) is 4.43. The fourth-order valence-electron chi connectivity index (χ4n) is 2.81. The van der Waals surface area contributed by atoms with E-state index in [1.165, 1.54) is 18.5 Å². The van der Waals surface area contributed by atoms with Crippen LogP contribution in [0.1, 0.15) is 39.5 Å². The predicted molar refractivity (Wildman–Crippen MR) is 77.3 cm³/mol. The first-order chi connectivity index (χ1) is 9.24. The number of methoxy groups -OCH3 is 1. The summed E-state index contributed by atoms with van der Waals surface area (Å²) in [4.78, 5) is 11.1. The largest absolute Gasteiger partial charge is 0.469 e. The summed E-state index contributed by atoms with van der Waals surface area (Å²) < 4.78 is 32.8. The van der Waals surface area contributed by atoms with Crippen molar-refractivity contribution in [3.63, 3.8) is 0 Å². The number of nitrogens with one attached hydrogen (secondary N) is 1. The van der Waals surface area contributed by atoms with Crippen molar-refractivity contribution in [2.75, 3.05) is 20.7 Å². The summed E-state index contributed by atoms with van der Waals surface area (Å²) in [5.74, 6) is 0.658. The number of nitrogens with zero attached hydrogens (tertiary/aromatic N) is 1. The third kappa shape index (κ3) is 5.38. The first kappa shape index (κ1) is 17.4. The van der Waals surface area contributed by atoms with Gasteiger partial charge in [0.2, 0.25) is 0 Å². The second-order valence-corrected chi connectivity index (χ2v) is 7.69. The van der Waals surface area contributed by atoms with E-state index in [4.69, 9.17) is 0 Å². The van der Waals surface area contributed by atoms with Crippen LogP contribution in [0.4, 0.5) is 0 Å². The van der Waals surface area contributed by atoms with Crippen molar-refractivity contribution in [2.24, 2.45) is 11.8 Å². The predicted octanol–water partition coefficient (Wildman–Crippen LogP) is 1.14. The molecule has 1 aliphatic rings. The monoisotopic (exact) mass is 306 g/mol. The van der Waals surface area contributed by atoms with E-state index in [9.17, 15) is 13.2 Å². The highest BCUT2D eigenvalue weighted by Crippen LogP contribution is 2.28.